The maximum Gasteiger partial charge on any atom is 0.331 e. The third kappa shape index (κ3) is 16.0. The molecule has 0 aromatic carbocycles. The van der Waals surface area contributed by atoms with Gasteiger partial charge in [-0.3, -0.25) is 19.2 Å². The second kappa shape index (κ2) is 15.8. The molecule has 0 heterocycles. The van der Waals surface area contributed by atoms with Crippen molar-refractivity contribution < 1.29 is 59.6 Å². The molecule has 14 heteroatoms. The molecule has 30 heavy (non-hydrogen) atoms. The summed E-state index contributed by atoms with van der Waals surface area (Å²) in [5.74, 6) is -5.69. The van der Waals surface area contributed by atoms with Gasteiger partial charge < -0.3 is 35.7 Å². The fourth-order valence-corrected chi connectivity index (χ4v) is 1.21. The van der Waals surface area contributed by atoms with Gasteiger partial charge >= 0.3 is 17.9 Å². The maximum atomic E-state index is 11.1. The molecule has 0 aromatic heterocycles. The highest BCUT2D eigenvalue weighted by molar-refractivity contribution is 5.93. The molecule has 0 unspecified atom stereocenters. The molecule has 0 aliphatic heterocycles. The number of carbonyl (C=O) groups excluding carboxylic acids is 2. The molecule has 0 atom stereocenters. The van der Waals surface area contributed by atoms with Gasteiger partial charge in [-0.2, -0.15) is 0 Å². The average Bonchev–Trinajstić information content (AvgIpc) is 2.67. The Morgan fingerprint density at radius 3 is 1.57 bits per heavy atom. The van der Waals surface area contributed by atoms with Gasteiger partial charge in [0.1, 0.15) is 12.8 Å². The third-order valence-corrected chi connectivity index (χ3v) is 2.52. The second-order valence-electron chi connectivity index (χ2n) is 4.91. The van der Waals surface area contributed by atoms with E-state index in [9.17, 15) is 24.0 Å². The predicted octanol–water partition coefficient (Wildman–Crippen LogP) is 0.0335. The highest BCUT2D eigenvalue weighted by Crippen LogP contribution is 2.02. The van der Waals surface area contributed by atoms with Gasteiger partial charge in [-0.1, -0.05) is 13.2 Å². The van der Waals surface area contributed by atoms with Crippen molar-refractivity contribution in [3.8, 4) is 0 Å². The van der Waals surface area contributed by atoms with Crippen molar-refractivity contribution in [2.45, 2.75) is 19.3 Å². The van der Waals surface area contributed by atoms with E-state index in [1.54, 1.807) is 0 Å². The average molecular weight is 432 g/mol. The lowest BCUT2D eigenvalue weighted by Gasteiger charge is -2.02. The summed E-state index contributed by atoms with van der Waals surface area (Å²) in [6.45, 7) is 6.30. The van der Waals surface area contributed by atoms with E-state index in [2.05, 4.69) is 33.6 Å². The summed E-state index contributed by atoms with van der Waals surface area (Å²) in [7, 11) is 0. The number of carboxylic acids is 3. The number of hydrogen-bond donors (Lipinski definition) is 7. The number of rotatable bonds is 12. The molecule has 0 aliphatic rings. The third-order valence-electron chi connectivity index (χ3n) is 2.52. The van der Waals surface area contributed by atoms with Gasteiger partial charge in [0.25, 0.3) is 0 Å². The second-order valence-corrected chi connectivity index (χ2v) is 4.91. The molecule has 0 saturated heterocycles. The van der Waals surface area contributed by atoms with E-state index < -0.39 is 54.7 Å². The first-order valence-electron chi connectivity index (χ1n) is 7.54. The first kappa shape index (κ1) is 28.0. The van der Waals surface area contributed by atoms with E-state index in [-0.39, 0.29) is 11.3 Å². The van der Waals surface area contributed by atoms with Crippen LogP contribution in [-0.2, 0) is 33.7 Å². The molecule has 7 N–H and O–H groups in total. The van der Waals surface area contributed by atoms with E-state index in [4.69, 9.17) is 25.8 Å². The highest BCUT2D eigenvalue weighted by Gasteiger charge is 2.11. The van der Waals surface area contributed by atoms with Gasteiger partial charge in [-0.15, -0.1) is 0 Å². The van der Waals surface area contributed by atoms with Crippen LogP contribution in [0.2, 0.25) is 0 Å². The smallest absolute Gasteiger partial charge is 0.331 e. The van der Waals surface area contributed by atoms with Crippen LogP contribution in [0, 0.1) is 0 Å². The zero-order chi connectivity index (χ0) is 23.7. The Balaban J connectivity index is 0. The molecular weight excluding hydrogens is 412 g/mol. The Hall–Kier alpha value is -4.17. The quantitative estimate of drug-likeness (QED) is 0.0937. The van der Waals surface area contributed by atoms with E-state index in [1.807, 2.05) is 0 Å². The van der Waals surface area contributed by atoms with E-state index in [1.165, 1.54) is 0 Å². The molecule has 166 valence electrons. The first-order valence-corrected chi connectivity index (χ1v) is 7.54. The first-order chi connectivity index (χ1) is 14.0. The van der Waals surface area contributed by atoms with Gasteiger partial charge in [0, 0.05) is 18.0 Å². The van der Waals surface area contributed by atoms with Crippen LogP contribution in [-0.4, -0.2) is 55.6 Å². The molecular formula is C16H20N2O12. The van der Waals surface area contributed by atoms with Crippen LogP contribution in [0.25, 0.3) is 0 Å². The minimum atomic E-state index is -1.31. The molecule has 0 saturated carbocycles. The van der Waals surface area contributed by atoms with E-state index >= 15 is 0 Å². The zero-order valence-electron chi connectivity index (χ0n) is 15.4. The molecule has 0 aromatic rings. The molecule has 0 fully saturated rings. The molecule has 14 nitrogen and oxygen atoms in total. The number of carbonyl (C=O) groups is 5. The van der Waals surface area contributed by atoms with Crippen molar-refractivity contribution in [3.05, 3.63) is 48.7 Å². The molecule has 0 aliphatic carbocycles. The zero-order valence-corrected chi connectivity index (χ0v) is 15.4. The summed E-state index contributed by atoms with van der Waals surface area (Å²) in [5, 5.41) is 45.7. The Morgan fingerprint density at radius 2 is 1.23 bits per heavy atom. The fraction of sp³-hybridized carbons (Fsp3) is 0.188. The van der Waals surface area contributed by atoms with Gasteiger partial charge in [-0.25, -0.2) is 15.3 Å². The Morgan fingerprint density at radius 1 is 0.800 bits per heavy atom. The van der Waals surface area contributed by atoms with E-state index in [0.29, 0.717) is 0 Å². The summed E-state index contributed by atoms with van der Waals surface area (Å²) in [4.78, 5) is 59.7. The lowest BCUT2D eigenvalue weighted by Crippen LogP contribution is -2.20. The monoisotopic (exact) mass is 432 g/mol. The summed E-state index contributed by atoms with van der Waals surface area (Å²) >= 11 is 0. The van der Waals surface area contributed by atoms with Crippen LogP contribution in [0.1, 0.15) is 19.3 Å². The number of nitrogens with one attached hydrogen (secondary N) is 2. The van der Waals surface area contributed by atoms with Crippen LogP contribution in [0.5, 0.6) is 0 Å². The Kier molecular flexibility index (Phi) is 14.8. The molecule has 2 amide bonds. The largest absolute Gasteiger partial charge is 0.481 e. The van der Waals surface area contributed by atoms with Crippen LogP contribution in [0.4, 0.5) is 0 Å². The summed E-state index contributed by atoms with van der Waals surface area (Å²) in [6.07, 6.45) is 1.15. The van der Waals surface area contributed by atoms with Gasteiger partial charge in [-0.05, 0) is 6.08 Å². The van der Waals surface area contributed by atoms with Gasteiger partial charge in [0.15, 0.2) is 11.5 Å². The number of aliphatic carboxylic acids is 3. The van der Waals surface area contributed by atoms with Gasteiger partial charge in [0.05, 0.1) is 6.42 Å². The molecule has 0 rings (SSSR count). The molecule has 0 bridgehead atoms. The van der Waals surface area contributed by atoms with Crippen LogP contribution < -0.4 is 10.6 Å². The summed E-state index contributed by atoms with van der Waals surface area (Å²) < 4.78 is 0. The van der Waals surface area contributed by atoms with Crippen molar-refractivity contribution in [3.63, 3.8) is 0 Å². The van der Waals surface area contributed by atoms with Crippen molar-refractivity contribution in [1.82, 2.24) is 10.6 Å². The molecule has 0 spiro atoms. The van der Waals surface area contributed by atoms with Crippen molar-refractivity contribution in [2.24, 2.45) is 0 Å². The highest BCUT2D eigenvalue weighted by atomic mass is 17.1. The van der Waals surface area contributed by atoms with Crippen LogP contribution in [0.15, 0.2) is 48.7 Å². The summed E-state index contributed by atoms with van der Waals surface area (Å²) in [5.41, 5.74) is -0.319. The maximum absolute atomic E-state index is 11.1. The van der Waals surface area contributed by atoms with Crippen molar-refractivity contribution in [1.29, 1.82) is 0 Å². The number of carboxylic acid groups (broad SMARTS) is 3. The molecule has 0 radical (unpaired) electrons. The van der Waals surface area contributed by atoms with Gasteiger partial charge in [0.2, 0.25) is 11.8 Å². The summed E-state index contributed by atoms with van der Waals surface area (Å²) in [6, 6.07) is 0. The Bertz CT molecular complexity index is 739. The normalized spacial score (nSPS) is 10.5. The minimum absolute atomic E-state index is 0.275. The fourth-order valence-electron chi connectivity index (χ4n) is 1.21. The number of hydrogen-bond acceptors (Lipinski definition) is 9. The minimum Gasteiger partial charge on any atom is -0.481 e. The SMILES string of the molecule is C=C(CC(=O)NC=C(CC(=O)O)OO)C(=O)O.C=CC(=O)NC=C(CC(=O)O)OO. The van der Waals surface area contributed by atoms with Crippen LogP contribution >= 0.6 is 0 Å². The lowest BCUT2D eigenvalue weighted by molar-refractivity contribution is -0.207. The predicted molar refractivity (Wildman–Crippen MR) is 96.0 cm³/mol. The number of amides is 2. The van der Waals surface area contributed by atoms with Crippen molar-refractivity contribution >= 4 is 29.7 Å². The van der Waals surface area contributed by atoms with Crippen LogP contribution in [0.3, 0.4) is 0 Å². The van der Waals surface area contributed by atoms with Crippen molar-refractivity contribution in [2.75, 3.05) is 0 Å². The lowest BCUT2D eigenvalue weighted by atomic mass is 10.2. The standard InChI is InChI=1S/C9H11NO7.C7H9NO5/c1-5(9(14)15)2-7(11)10-4-6(17-16)3-8(12)13;1-2-6(9)8-4-5(13-12)3-7(10)11/h4,16H,1-3H2,(H,10,11)(H,12,13)(H,14,15);2,4,12H,1,3H2,(H,8,9)(H,10,11). The topological polar surface area (TPSA) is 229 Å². The Labute approximate surface area is 168 Å². The van der Waals surface area contributed by atoms with E-state index in [0.717, 1.165) is 18.5 Å².